The number of hydrogen-bond donors (Lipinski definition) is 0. The molecule has 3 nitrogen and oxygen atoms in total. The molecule has 1 fully saturated rings. The van der Waals surface area contributed by atoms with Gasteiger partial charge in [-0.15, -0.1) is 0 Å². The summed E-state index contributed by atoms with van der Waals surface area (Å²) >= 11 is 3.55. The van der Waals surface area contributed by atoms with Gasteiger partial charge in [0.25, 0.3) is 0 Å². The standard InChI is InChI=1S/C13H20BrN3/c1-10-9-11(2)16-13(15-10)17-8-4-3-5-12(17)6-7-14/h9,12H,3-8H2,1-2H3. The smallest absolute Gasteiger partial charge is 0.226 e. The number of nitrogens with zero attached hydrogens (tertiary/aromatic N) is 3. The van der Waals surface area contributed by atoms with Crippen LogP contribution < -0.4 is 4.90 Å². The third kappa shape index (κ3) is 3.18. The fourth-order valence-electron chi connectivity index (χ4n) is 2.53. The molecule has 1 atom stereocenters. The van der Waals surface area contributed by atoms with E-state index in [0.29, 0.717) is 6.04 Å². The van der Waals surface area contributed by atoms with Gasteiger partial charge in [-0.3, -0.25) is 0 Å². The number of hydrogen-bond acceptors (Lipinski definition) is 3. The Bertz CT molecular complexity index is 359. The summed E-state index contributed by atoms with van der Waals surface area (Å²) in [5.41, 5.74) is 2.13. The molecular formula is C13H20BrN3. The van der Waals surface area contributed by atoms with Gasteiger partial charge in [-0.05, 0) is 45.6 Å². The van der Waals surface area contributed by atoms with Gasteiger partial charge in [0, 0.05) is 29.3 Å². The van der Waals surface area contributed by atoms with Gasteiger partial charge in [-0.25, -0.2) is 9.97 Å². The number of aryl methyl sites for hydroxylation is 2. The zero-order valence-electron chi connectivity index (χ0n) is 10.6. The molecule has 17 heavy (non-hydrogen) atoms. The molecule has 0 N–H and O–H groups in total. The first-order valence-corrected chi connectivity index (χ1v) is 7.48. The van der Waals surface area contributed by atoms with Crippen LogP contribution in [0.1, 0.15) is 37.1 Å². The third-order valence-corrected chi connectivity index (χ3v) is 3.75. The van der Waals surface area contributed by atoms with E-state index in [1.807, 2.05) is 19.9 Å². The minimum atomic E-state index is 0.601. The summed E-state index contributed by atoms with van der Waals surface area (Å²) < 4.78 is 0. The second kappa shape index (κ2) is 5.80. The maximum Gasteiger partial charge on any atom is 0.226 e. The summed E-state index contributed by atoms with van der Waals surface area (Å²) in [5, 5.41) is 1.05. The van der Waals surface area contributed by atoms with Gasteiger partial charge < -0.3 is 4.90 Å². The molecule has 0 aliphatic carbocycles. The van der Waals surface area contributed by atoms with Gasteiger partial charge in [0.1, 0.15) is 0 Å². The lowest BCUT2D eigenvalue weighted by Gasteiger charge is -2.35. The summed E-state index contributed by atoms with van der Waals surface area (Å²) in [5.74, 6) is 0.924. The van der Waals surface area contributed by atoms with Crippen molar-refractivity contribution >= 4 is 21.9 Å². The predicted octanol–water partition coefficient (Wildman–Crippen LogP) is 3.24. The summed E-state index contributed by atoms with van der Waals surface area (Å²) in [4.78, 5) is 11.6. The lowest BCUT2D eigenvalue weighted by atomic mass is 10.0. The summed E-state index contributed by atoms with van der Waals surface area (Å²) in [6.07, 6.45) is 5.03. The molecule has 0 amide bonds. The summed E-state index contributed by atoms with van der Waals surface area (Å²) in [6.45, 7) is 5.18. The molecule has 0 aromatic carbocycles. The average Bonchev–Trinajstić information content (AvgIpc) is 2.29. The fraction of sp³-hybridized carbons (Fsp3) is 0.692. The quantitative estimate of drug-likeness (QED) is 0.802. The third-order valence-electron chi connectivity index (χ3n) is 3.30. The van der Waals surface area contributed by atoms with Gasteiger partial charge in [0.2, 0.25) is 5.95 Å². The van der Waals surface area contributed by atoms with Crippen LogP contribution in [0.15, 0.2) is 6.07 Å². The van der Waals surface area contributed by atoms with Crippen molar-refractivity contribution in [2.45, 2.75) is 45.6 Å². The summed E-state index contributed by atoms with van der Waals surface area (Å²) in [7, 11) is 0. The Morgan fingerprint density at radius 1 is 1.29 bits per heavy atom. The van der Waals surface area contributed by atoms with Gasteiger partial charge in [0.15, 0.2) is 0 Å². The van der Waals surface area contributed by atoms with E-state index in [1.54, 1.807) is 0 Å². The van der Waals surface area contributed by atoms with Gasteiger partial charge in [-0.1, -0.05) is 15.9 Å². The number of halogens is 1. The minimum absolute atomic E-state index is 0.601. The van der Waals surface area contributed by atoms with Crippen LogP contribution in [0.4, 0.5) is 5.95 Å². The molecular weight excluding hydrogens is 278 g/mol. The van der Waals surface area contributed by atoms with E-state index >= 15 is 0 Å². The van der Waals surface area contributed by atoms with Crippen LogP contribution in [-0.4, -0.2) is 27.9 Å². The van der Waals surface area contributed by atoms with Crippen molar-refractivity contribution in [2.24, 2.45) is 0 Å². The molecule has 0 bridgehead atoms. The van der Waals surface area contributed by atoms with Crippen LogP contribution in [-0.2, 0) is 0 Å². The molecule has 0 spiro atoms. The van der Waals surface area contributed by atoms with Crippen molar-refractivity contribution in [1.82, 2.24) is 9.97 Å². The van der Waals surface area contributed by atoms with E-state index < -0.39 is 0 Å². The van der Waals surface area contributed by atoms with E-state index in [-0.39, 0.29) is 0 Å². The topological polar surface area (TPSA) is 29.0 Å². The lowest BCUT2D eigenvalue weighted by Crippen LogP contribution is -2.41. The number of aromatic nitrogens is 2. The zero-order valence-corrected chi connectivity index (χ0v) is 12.2. The van der Waals surface area contributed by atoms with Crippen molar-refractivity contribution in [3.63, 3.8) is 0 Å². The Kier molecular flexibility index (Phi) is 4.37. The van der Waals surface area contributed by atoms with Gasteiger partial charge >= 0.3 is 0 Å². The highest BCUT2D eigenvalue weighted by Crippen LogP contribution is 2.24. The molecule has 0 saturated carbocycles. The van der Waals surface area contributed by atoms with Crippen molar-refractivity contribution in [2.75, 3.05) is 16.8 Å². The van der Waals surface area contributed by atoms with E-state index in [1.165, 1.54) is 25.7 Å². The maximum absolute atomic E-state index is 4.59. The normalized spacial score (nSPS) is 20.6. The van der Waals surface area contributed by atoms with Crippen molar-refractivity contribution in [1.29, 1.82) is 0 Å². The van der Waals surface area contributed by atoms with Crippen molar-refractivity contribution in [3.05, 3.63) is 17.5 Å². The van der Waals surface area contributed by atoms with Crippen LogP contribution >= 0.6 is 15.9 Å². The number of anilines is 1. The number of piperidine rings is 1. The average molecular weight is 298 g/mol. The molecule has 2 heterocycles. The molecule has 1 aliphatic heterocycles. The molecule has 1 saturated heterocycles. The SMILES string of the molecule is Cc1cc(C)nc(N2CCCCC2CCBr)n1. The molecule has 1 unspecified atom stereocenters. The first kappa shape index (κ1) is 12.8. The van der Waals surface area contributed by atoms with E-state index in [0.717, 1.165) is 29.2 Å². The van der Waals surface area contributed by atoms with E-state index in [9.17, 15) is 0 Å². The largest absolute Gasteiger partial charge is 0.338 e. The van der Waals surface area contributed by atoms with Crippen molar-refractivity contribution < 1.29 is 0 Å². The number of alkyl halides is 1. The fourth-order valence-corrected chi connectivity index (χ4v) is 3.05. The molecule has 2 rings (SSSR count). The monoisotopic (exact) mass is 297 g/mol. The molecule has 1 aromatic rings. The molecule has 1 aliphatic rings. The maximum atomic E-state index is 4.59. The highest BCUT2D eigenvalue weighted by atomic mass is 79.9. The van der Waals surface area contributed by atoms with Gasteiger partial charge in [0.05, 0.1) is 0 Å². The highest BCUT2D eigenvalue weighted by molar-refractivity contribution is 9.09. The summed E-state index contributed by atoms with van der Waals surface area (Å²) in [6, 6.07) is 2.64. The van der Waals surface area contributed by atoms with Crippen LogP contribution in [0.25, 0.3) is 0 Å². The Morgan fingerprint density at radius 2 is 2.00 bits per heavy atom. The molecule has 0 radical (unpaired) electrons. The van der Waals surface area contributed by atoms with Crippen LogP contribution in [0.2, 0.25) is 0 Å². The van der Waals surface area contributed by atoms with Crippen LogP contribution in [0, 0.1) is 13.8 Å². The predicted molar refractivity (Wildman–Crippen MR) is 74.9 cm³/mol. The molecule has 94 valence electrons. The molecule has 1 aromatic heterocycles. The zero-order chi connectivity index (χ0) is 12.3. The second-order valence-electron chi connectivity index (χ2n) is 4.77. The Balaban J connectivity index is 2.22. The first-order valence-electron chi connectivity index (χ1n) is 6.35. The Labute approximate surface area is 112 Å². The van der Waals surface area contributed by atoms with Crippen LogP contribution in [0.3, 0.4) is 0 Å². The second-order valence-corrected chi connectivity index (χ2v) is 5.56. The van der Waals surface area contributed by atoms with E-state index in [4.69, 9.17) is 0 Å². The van der Waals surface area contributed by atoms with Crippen molar-refractivity contribution in [3.8, 4) is 0 Å². The molecule has 4 heteroatoms. The van der Waals surface area contributed by atoms with Gasteiger partial charge in [-0.2, -0.15) is 0 Å². The Morgan fingerprint density at radius 3 is 2.65 bits per heavy atom. The first-order chi connectivity index (χ1) is 8.20. The number of rotatable bonds is 3. The van der Waals surface area contributed by atoms with E-state index in [2.05, 4.69) is 30.8 Å². The highest BCUT2D eigenvalue weighted by Gasteiger charge is 2.24. The van der Waals surface area contributed by atoms with Crippen LogP contribution in [0.5, 0.6) is 0 Å². The minimum Gasteiger partial charge on any atom is -0.338 e. The Hall–Kier alpha value is -0.640. The lowest BCUT2D eigenvalue weighted by molar-refractivity contribution is 0.445.